The summed E-state index contributed by atoms with van der Waals surface area (Å²) in [4.78, 5) is 3.03. The van der Waals surface area contributed by atoms with Crippen LogP contribution in [0.5, 0.6) is 0 Å². The van der Waals surface area contributed by atoms with Gasteiger partial charge in [-0.25, -0.2) is 21.4 Å². The second kappa shape index (κ2) is 7.90. The zero-order chi connectivity index (χ0) is 20.3. The van der Waals surface area contributed by atoms with Gasteiger partial charge >= 0.3 is 11.0 Å². The van der Waals surface area contributed by atoms with Gasteiger partial charge in [0.05, 0.1) is 6.04 Å². The summed E-state index contributed by atoms with van der Waals surface area (Å²) in [7, 11) is -13.4. The lowest BCUT2D eigenvalue weighted by molar-refractivity contribution is -0.724. The van der Waals surface area contributed by atoms with Gasteiger partial charge in [-0.2, -0.15) is 26.3 Å². The van der Waals surface area contributed by atoms with Gasteiger partial charge in [-0.05, 0) is 12.8 Å². The molecule has 1 N–H and O–H groups in total. The predicted octanol–water partition coefficient (Wildman–Crippen LogP) is 2.58. The van der Waals surface area contributed by atoms with Crippen LogP contribution in [0.4, 0.5) is 26.3 Å². The van der Waals surface area contributed by atoms with E-state index in [0.29, 0.717) is 12.0 Å². The van der Waals surface area contributed by atoms with Crippen LogP contribution in [0.25, 0.3) is 4.13 Å². The highest BCUT2D eigenvalue weighted by atomic mass is 32.3. The summed E-state index contributed by atoms with van der Waals surface area (Å²) in [5.74, 6) is 0.695. The number of aromatic nitrogens is 2. The Morgan fingerprint density at radius 2 is 1.32 bits per heavy atom. The minimum absolute atomic E-state index is 0.589. The third kappa shape index (κ3) is 6.81. The van der Waals surface area contributed by atoms with Crippen LogP contribution in [0.15, 0.2) is 18.7 Å². The van der Waals surface area contributed by atoms with Crippen LogP contribution < -0.4 is 4.57 Å². The SMILES string of the molecule is CC(C)C(C)[n+]1cc[nH]c1.O=S(=O)([N-]S(=O)(=O)C(F)(F)F)C(F)(F)F. The molecule has 0 bridgehead atoms. The average molecular weight is 419 g/mol. The molecular formula is C10H15F6N3O4S2. The summed E-state index contributed by atoms with van der Waals surface area (Å²) >= 11 is 0. The van der Waals surface area contributed by atoms with E-state index in [-0.39, 0.29) is 0 Å². The van der Waals surface area contributed by atoms with E-state index in [1.165, 1.54) is 0 Å². The smallest absolute Gasteiger partial charge is 0.421 e. The second-order valence-corrected chi connectivity index (χ2v) is 8.38. The molecule has 0 amide bonds. The second-order valence-electron chi connectivity index (χ2n) is 4.96. The van der Waals surface area contributed by atoms with Crippen molar-refractivity contribution < 1.29 is 47.7 Å². The molecule has 0 aliphatic rings. The van der Waals surface area contributed by atoms with Gasteiger partial charge < -0.3 is 4.13 Å². The molecule has 15 heteroatoms. The Morgan fingerprint density at radius 3 is 1.56 bits per heavy atom. The van der Waals surface area contributed by atoms with Crippen molar-refractivity contribution in [2.75, 3.05) is 0 Å². The van der Waals surface area contributed by atoms with E-state index in [9.17, 15) is 43.2 Å². The van der Waals surface area contributed by atoms with Crippen LogP contribution >= 0.6 is 0 Å². The molecule has 1 unspecified atom stereocenters. The summed E-state index contributed by atoms with van der Waals surface area (Å²) in [5, 5.41) is 0. The van der Waals surface area contributed by atoms with Crippen molar-refractivity contribution in [2.45, 2.75) is 37.8 Å². The van der Waals surface area contributed by atoms with E-state index >= 15 is 0 Å². The van der Waals surface area contributed by atoms with Crippen molar-refractivity contribution in [2.24, 2.45) is 5.92 Å². The van der Waals surface area contributed by atoms with Crippen LogP contribution in [-0.2, 0) is 20.0 Å². The van der Waals surface area contributed by atoms with Gasteiger partial charge in [-0.3, -0.25) is 4.98 Å². The van der Waals surface area contributed by atoms with Crippen molar-refractivity contribution in [1.82, 2.24) is 4.98 Å². The molecule has 0 saturated heterocycles. The maximum Gasteiger partial charge on any atom is 0.480 e. The number of nitrogens with one attached hydrogen (secondary N) is 1. The fourth-order valence-corrected chi connectivity index (χ4v) is 2.82. The van der Waals surface area contributed by atoms with Crippen LogP contribution in [0.1, 0.15) is 26.8 Å². The molecule has 25 heavy (non-hydrogen) atoms. The number of hydrogen-bond donors (Lipinski definition) is 1. The molecular weight excluding hydrogens is 404 g/mol. The first-order valence-corrected chi connectivity index (χ1v) is 9.20. The highest BCUT2D eigenvalue weighted by Crippen LogP contribution is 2.36. The van der Waals surface area contributed by atoms with Gasteiger partial charge in [-0.1, -0.05) is 13.8 Å². The van der Waals surface area contributed by atoms with Crippen LogP contribution in [-0.4, -0.2) is 32.8 Å². The number of alkyl halides is 6. The molecule has 0 fully saturated rings. The zero-order valence-electron chi connectivity index (χ0n) is 13.0. The summed E-state index contributed by atoms with van der Waals surface area (Å²) in [5.41, 5.74) is -12.4. The highest BCUT2D eigenvalue weighted by molar-refractivity contribution is 8.13. The molecule has 7 nitrogen and oxygen atoms in total. The maximum absolute atomic E-state index is 11.4. The van der Waals surface area contributed by atoms with Crippen LogP contribution in [0.2, 0.25) is 0 Å². The number of hydrogen-bond acceptors (Lipinski definition) is 4. The van der Waals surface area contributed by atoms with Gasteiger partial charge in [0.25, 0.3) is 0 Å². The first-order valence-electron chi connectivity index (χ1n) is 6.32. The topological polar surface area (TPSA) is 102 Å². The van der Waals surface area contributed by atoms with Gasteiger partial charge in [0.1, 0.15) is 12.4 Å². The fraction of sp³-hybridized carbons (Fsp3) is 0.700. The van der Waals surface area contributed by atoms with Crippen molar-refractivity contribution in [3.63, 3.8) is 0 Å². The largest absolute Gasteiger partial charge is 0.480 e. The fourth-order valence-electron chi connectivity index (χ4n) is 1.11. The maximum atomic E-state index is 11.4. The number of halogens is 6. The van der Waals surface area contributed by atoms with Crippen molar-refractivity contribution in [3.8, 4) is 0 Å². The third-order valence-electron chi connectivity index (χ3n) is 2.78. The molecule has 1 aromatic rings. The van der Waals surface area contributed by atoms with Gasteiger partial charge in [-0.15, -0.1) is 0 Å². The molecule has 0 aliphatic carbocycles. The van der Waals surface area contributed by atoms with E-state index in [2.05, 4.69) is 36.5 Å². The summed E-state index contributed by atoms with van der Waals surface area (Å²) in [6.45, 7) is 6.67. The molecule has 1 rings (SSSR count). The average Bonchev–Trinajstić information content (AvgIpc) is 2.88. The predicted molar refractivity (Wildman–Crippen MR) is 73.8 cm³/mol. The minimum Gasteiger partial charge on any atom is -0.421 e. The lowest BCUT2D eigenvalue weighted by Gasteiger charge is -2.22. The number of sulfonamides is 2. The Bertz CT molecular complexity index is 697. The Morgan fingerprint density at radius 1 is 0.920 bits per heavy atom. The normalized spacial score (nSPS) is 14.8. The lowest BCUT2D eigenvalue weighted by Crippen LogP contribution is -2.38. The minimum atomic E-state index is -6.72. The zero-order valence-corrected chi connectivity index (χ0v) is 14.6. The van der Waals surface area contributed by atoms with Gasteiger partial charge in [0, 0.05) is 0 Å². The molecule has 1 atom stereocenters. The first kappa shape index (κ1) is 23.6. The quantitative estimate of drug-likeness (QED) is 0.599. The van der Waals surface area contributed by atoms with Gasteiger partial charge in [0.15, 0.2) is 20.0 Å². The number of rotatable bonds is 4. The van der Waals surface area contributed by atoms with Gasteiger partial charge in [0.2, 0.25) is 6.33 Å². The number of aromatic amines is 1. The number of H-pyrrole nitrogens is 1. The summed E-state index contributed by atoms with van der Waals surface area (Å²) < 4.78 is 111. The van der Waals surface area contributed by atoms with Crippen LogP contribution in [0, 0.1) is 5.92 Å². The van der Waals surface area contributed by atoms with Crippen molar-refractivity contribution >= 4 is 20.0 Å². The summed E-state index contributed by atoms with van der Waals surface area (Å²) in [6, 6.07) is 0.589. The Labute approximate surface area is 140 Å². The molecule has 148 valence electrons. The van der Waals surface area contributed by atoms with E-state index in [0.717, 1.165) is 4.13 Å². The number of nitrogens with zero attached hydrogens (tertiary/aromatic N) is 2. The lowest BCUT2D eigenvalue weighted by atomic mass is 10.1. The molecule has 0 aromatic carbocycles. The molecule has 1 heterocycles. The molecule has 0 aliphatic heterocycles. The third-order valence-corrected chi connectivity index (χ3v) is 5.52. The molecule has 0 radical (unpaired) electrons. The van der Waals surface area contributed by atoms with Crippen molar-refractivity contribution in [1.29, 1.82) is 0 Å². The van der Waals surface area contributed by atoms with E-state index < -0.39 is 31.1 Å². The van der Waals surface area contributed by atoms with E-state index in [1.54, 1.807) is 0 Å². The molecule has 1 aromatic heterocycles. The Hall–Kier alpha value is -1.35. The van der Waals surface area contributed by atoms with E-state index in [1.807, 2.05) is 12.5 Å². The first-order chi connectivity index (χ1) is 10.9. The standard InChI is InChI=1S/C8H14N2.C2F6NO4S2/c1-7(2)8(3)10-5-4-9-6-10;3-1(4,5)14(10,11)9-15(12,13)2(6,7)8/h4-8H,1-3H3;/q;-1/p+1. The monoisotopic (exact) mass is 419 g/mol. The number of imidazole rings is 1. The highest BCUT2D eigenvalue weighted by Gasteiger charge is 2.46. The van der Waals surface area contributed by atoms with Crippen LogP contribution in [0.3, 0.4) is 0 Å². The Balaban J connectivity index is 0.000000496. The van der Waals surface area contributed by atoms with E-state index in [4.69, 9.17) is 0 Å². The molecule has 0 spiro atoms. The van der Waals surface area contributed by atoms with Crippen molar-refractivity contribution in [3.05, 3.63) is 22.8 Å². The summed E-state index contributed by atoms with van der Waals surface area (Å²) in [6.07, 6.45) is 5.99. The Kier molecular flexibility index (Phi) is 7.48. The molecule has 0 saturated carbocycles.